The van der Waals surface area contributed by atoms with Crippen LogP contribution in [0.2, 0.25) is 0 Å². The van der Waals surface area contributed by atoms with Crippen molar-refractivity contribution >= 4 is 33.6 Å². The molecule has 0 aliphatic heterocycles. The molecule has 0 aliphatic rings. The van der Waals surface area contributed by atoms with Crippen molar-refractivity contribution in [1.29, 1.82) is 0 Å². The molecule has 0 spiro atoms. The molecule has 1 aromatic carbocycles. The average Bonchev–Trinajstić information content (AvgIpc) is 2.96. The number of nitrogens with zero attached hydrogens (tertiary/aromatic N) is 2. The molecule has 2 heterocycles. The van der Waals surface area contributed by atoms with Gasteiger partial charge in [0.05, 0.1) is 18.7 Å². The standard InChI is InChI=1S/C14H12N4O2S/c1-20-10-4-2-9(3-5-10)8-15-18-12-11-6-7-21-13(11)17-14(19)16-12/h2-8H,1H3,(H2,16,17,18,19)/b15-8+. The summed E-state index contributed by atoms with van der Waals surface area (Å²) in [5, 5.41) is 6.85. The van der Waals surface area contributed by atoms with Crippen LogP contribution in [0.25, 0.3) is 10.2 Å². The maximum Gasteiger partial charge on any atom is 0.347 e. The Morgan fingerprint density at radius 3 is 2.90 bits per heavy atom. The maximum atomic E-state index is 11.4. The number of methoxy groups -OCH3 is 1. The number of anilines is 1. The van der Waals surface area contributed by atoms with Gasteiger partial charge in [-0.1, -0.05) is 0 Å². The lowest BCUT2D eigenvalue weighted by atomic mass is 10.2. The minimum absolute atomic E-state index is 0.396. The molecule has 3 aromatic rings. The summed E-state index contributed by atoms with van der Waals surface area (Å²) < 4.78 is 5.09. The third kappa shape index (κ3) is 2.92. The molecule has 0 unspecified atom stereocenters. The molecule has 0 aliphatic carbocycles. The third-order valence-corrected chi connectivity index (χ3v) is 3.66. The van der Waals surface area contributed by atoms with Crippen LogP contribution in [-0.2, 0) is 0 Å². The van der Waals surface area contributed by atoms with Gasteiger partial charge in [-0.3, -0.25) is 10.4 Å². The summed E-state index contributed by atoms with van der Waals surface area (Å²) >= 11 is 1.41. The lowest BCUT2D eigenvalue weighted by molar-refractivity contribution is 0.415. The van der Waals surface area contributed by atoms with Crippen molar-refractivity contribution in [3.05, 3.63) is 51.8 Å². The summed E-state index contributed by atoms with van der Waals surface area (Å²) in [4.78, 5) is 18.6. The van der Waals surface area contributed by atoms with Crippen molar-refractivity contribution in [2.45, 2.75) is 0 Å². The van der Waals surface area contributed by atoms with Gasteiger partial charge in [0.2, 0.25) is 0 Å². The number of aromatic amines is 1. The number of thiophene rings is 1. The first-order valence-corrected chi connectivity index (χ1v) is 7.05. The number of nitrogens with one attached hydrogen (secondary N) is 2. The van der Waals surface area contributed by atoms with E-state index in [1.54, 1.807) is 13.3 Å². The quantitative estimate of drug-likeness (QED) is 0.573. The van der Waals surface area contributed by atoms with Gasteiger partial charge in [0.15, 0.2) is 0 Å². The first-order valence-electron chi connectivity index (χ1n) is 6.17. The SMILES string of the molecule is COc1ccc(/C=N/Nc2[nH]c(=O)nc3sccc23)cc1. The monoisotopic (exact) mass is 300 g/mol. The number of benzene rings is 1. The molecule has 0 saturated carbocycles. The summed E-state index contributed by atoms with van der Waals surface area (Å²) in [6, 6.07) is 9.37. The van der Waals surface area contributed by atoms with Crippen molar-refractivity contribution in [1.82, 2.24) is 9.97 Å². The Labute approximate surface area is 124 Å². The van der Waals surface area contributed by atoms with Crippen LogP contribution < -0.4 is 15.9 Å². The van der Waals surface area contributed by atoms with Crippen molar-refractivity contribution < 1.29 is 4.74 Å². The van der Waals surface area contributed by atoms with Crippen LogP contribution in [0.1, 0.15) is 5.56 Å². The molecule has 7 heteroatoms. The van der Waals surface area contributed by atoms with E-state index in [4.69, 9.17) is 4.74 Å². The van der Waals surface area contributed by atoms with E-state index in [0.29, 0.717) is 10.6 Å². The Morgan fingerprint density at radius 1 is 1.33 bits per heavy atom. The minimum atomic E-state index is -0.396. The molecule has 0 radical (unpaired) electrons. The van der Waals surface area contributed by atoms with Crippen LogP contribution in [0.4, 0.5) is 5.82 Å². The number of hydrogen-bond donors (Lipinski definition) is 2. The second-order valence-corrected chi connectivity index (χ2v) is 5.09. The largest absolute Gasteiger partial charge is 0.497 e. The maximum absolute atomic E-state index is 11.4. The molecular formula is C14H12N4O2S. The zero-order valence-electron chi connectivity index (χ0n) is 11.2. The van der Waals surface area contributed by atoms with Gasteiger partial charge in [-0.05, 0) is 41.3 Å². The van der Waals surface area contributed by atoms with Crippen molar-refractivity contribution in [2.75, 3.05) is 12.5 Å². The van der Waals surface area contributed by atoms with Gasteiger partial charge in [-0.2, -0.15) is 10.1 Å². The van der Waals surface area contributed by atoms with Crippen molar-refractivity contribution in [2.24, 2.45) is 5.10 Å². The van der Waals surface area contributed by atoms with E-state index in [2.05, 4.69) is 20.5 Å². The number of H-pyrrole nitrogens is 1. The predicted octanol–water partition coefficient (Wildman–Crippen LogP) is 2.44. The fourth-order valence-electron chi connectivity index (χ4n) is 1.82. The van der Waals surface area contributed by atoms with Gasteiger partial charge < -0.3 is 4.74 Å². The van der Waals surface area contributed by atoms with Crippen LogP contribution in [0.15, 0.2) is 45.6 Å². The number of aromatic nitrogens is 2. The molecular weight excluding hydrogens is 288 g/mol. The lowest BCUT2D eigenvalue weighted by Crippen LogP contribution is -2.11. The Balaban J connectivity index is 1.80. The highest BCUT2D eigenvalue weighted by Gasteiger charge is 2.04. The first kappa shape index (κ1) is 13.3. The van der Waals surface area contributed by atoms with Crippen LogP contribution >= 0.6 is 11.3 Å². The minimum Gasteiger partial charge on any atom is -0.497 e. The summed E-state index contributed by atoms with van der Waals surface area (Å²) in [6.45, 7) is 0. The number of hydrazone groups is 1. The zero-order valence-corrected chi connectivity index (χ0v) is 12.0. The van der Waals surface area contributed by atoms with Crippen LogP contribution in [-0.4, -0.2) is 23.3 Å². The summed E-state index contributed by atoms with van der Waals surface area (Å²) in [5.41, 5.74) is 3.36. The van der Waals surface area contributed by atoms with E-state index in [1.165, 1.54) is 11.3 Å². The van der Waals surface area contributed by atoms with Gasteiger partial charge >= 0.3 is 5.69 Å². The number of hydrogen-bond acceptors (Lipinski definition) is 6. The normalized spacial score (nSPS) is 11.1. The van der Waals surface area contributed by atoms with Crippen LogP contribution in [0, 0.1) is 0 Å². The average molecular weight is 300 g/mol. The van der Waals surface area contributed by atoms with E-state index in [1.807, 2.05) is 35.7 Å². The molecule has 2 N–H and O–H groups in total. The molecule has 0 bridgehead atoms. The summed E-state index contributed by atoms with van der Waals surface area (Å²) in [7, 11) is 1.62. The highest BCUT2D eigenvalue weighted by molar-refractivity contribution is 7.16. The van der Waals surface area contributed by atoms with E-state index in [9.17, 15) is 4.79 Å². The Hall–Kier alpha value is -2.67. The molecule has 21 heavy (non-hydrogen) atoms. The summed E-state index contributed by atoms with van der Waals surface area (Å²) in [5.74, 6) is 1.33. The predicted molar refractivity (Wildman–Crippen MR) is 84.5 cm³/mol. The van der Waals surface area contributed by atoms with E-state index < -0.39 is 5.69 Å². The molecule has 6 nitrogen and oxygen atoms in total. The number of fused-ring (bicyclic) bond motifs is 1. The van der Waals surface area contributed by atoms with Crippen LogP contribution in [0.5, 0.6) is 5.75 Å². The molecule has 0 fully saturated rings. The first-order chi connectivity index (χ1) is 10.3. The summed E-state index contributed by atoms with van der Waals surface area (Å²) in [6.07, 6.45) is 1.66. The third-order valence-electron chi connectivity index (χ3n) is 2.85. The molecule has 106 valence electrons. The Bertz CT molecular complexity index is 836. The fraction of sp³-hybridized carbons (Fsp3) is 0.0714. The highest BCUT2D eigenvalue weighted by atomic mass is 32.1. The van der Waals surface area contributed by atoms with Crippen LogP contribution in [0.3, 0.4) is 0 Å². The molecule has 0 atom stereocenters. The van der Waals surface area contributed by atoms with Gasteiger partial charge in [-0.25, -0.2) is 4.79 Å². The topological polar surface area (TPSA) is 79.4 Å². The lowest BCUT2D eigenvalue weighted by Gasteiger charge is -2.01. The molecule has 0 saturated heterocycles. The van der Waals surface area contributed by atoms with Gasteiger partial charge in [0.1, 0.15) is 16.4 Å². The molecule has 3 rings (SSSR count). The Kier molecular flexibility index (Phi) is 3.65. The van der Waals surface area contributed by atoms with E-state index >= 15 is 0 Å². The smallest absolute Gasteiger partial charge is 0.347 e. The van der Waals surface area contributed by atoms with Crippen molar-refractivity contribution in [3.63, 3.8) is 0 Å². The molecule has 2 aromatic heterocycles. The van der Waals surface area contributed by atoms with Gasteiger partial charge in [-0.15, -0.1) is 11.3 Å². The van der Waals surface area contributed by atoms with E-state index in [-0.39, 0.29) is 0 Å². The zero-order chi connectivity index (χ0) is 14.7. The second kappa shape index (κ2) is 5.76. The van der Waals surface area contributed by atoms with E-state index in [0.717, 1.165) is 16.7 Å². The van der Waals surface area contributed by atoms with Gasteiger partial charge in [0.25, 0.3) is 0 Å². The van der Waals surface area contributed by atoms with Crippen molar-refractivity contribution in [3.8, 4) is 5.75 Å². The van der Waals surface area contributed by atoms with Gasteiger partial charge in [0, 0.05) is 0 Å². The second-order valence-electron chi connectivity index (χ2n) is 4.20. The number of rotatable bonds is 4. The highest BCUT2D eigenvalue weighted by Crippen LogP contribution is 2.22. The Morgan fingerprint density at radius 2 is 2.14 bits per heavy atom. The number of ether oxygens (including phenoxy) is 1. The fourth-order valence-corrected chi connectivity index (χ4v) is 2.59. The molecule has 0 amide bonds.